The maximum atomic E-state index is 2.31. The van der Waals surface area contributed by atoms with Gasteiger partial charge >= 0.3 is 0 Å². The first-order valence-corrected chi connectivity index (χ1v) is 8.09. The molecule has 0 aromatic heterocycles. The molecule has 0 atom stereocenters. The molecule has 0 N–H and O–H groups in total. The summed E-state index contributed by atoms with van der Waals surface area (Å²) in [6.07, 6.45) is 5.54. The van der Waals surface area contributed by atoms with E-state index in [4.69, 9.17) is 0 Å². The Labute approximate surface area is 135 Å². The van der Waals surface area contributed by atoms with Crippen LogP contribution < -0.4 is 0 Å². The van der Waals surface area contributed by atoms with Crippen molar-refractivity contribution in [1.82, 2.24) is 0 Å². The largest absolute Gasteiger partial charge is 0.0795 e. The number of hydrogen-bond donors (Lipinski definition) is 0. The molecule has 0 spiro atoms. The molecule has 0 aliphatic heterocycles. The van der Waals surface area contributed by atoms with E-state index in [0.29, 0.717) is 0 Å². The highest BCUT2D eigenvalue weighted by Crippen LogP contribution is 2.30. The molecule has 108 valence electrons. The normalized spacial score (nSPS) is 12.9. The number of hydrogen-bond acceptors (Lipinski definition) is 0. The maximum Gasteiger partial charge on any atom is -0.00882 e. The van der Waals surface area contributed by atoms with Gasteiger partial charge in [-0.2, -0.15) is 0 Å². The van der Waals surface area contributed by atoms with Crippen molar-refractivity contribution in [2.24, 2.45) is 0 Å². The van der Waals surface area contributed by atoms with Crippen LogP contribution >= 0.6 is 0 Å². The van der Waals surface area contributed by atoms with Crippen LogP contribution in [0.15, 0.2) is 78.9 Å². The highest BCUT2D eigenvalue weighted by molar-refractivity contribution is 5.99. The number of rotatable bonds is 1. The molecule has 0 amide bonds. The second-order valence-corrected chi connectivity index (χ2v) is 6.28. The van der Waals surface area contributed by atoms with E-state index >= 15 is 0 Å². The molecular weight excluding hydrogens is 276 g/mol. The number of allylic oxidation sites excluding steroid dienone is 1. The lowest BCUT2D eigenvalue weighted by molar-refractivity contribution is 1.31. The molecule has 4 aromatic rings. The zero-order valence-corrected chi connectivity index (χ0v) is 12.8. The van der Waals surface area contributed by atoms with Gasteiger partial charge < -0.3 is 0 Å². The minimum atomic E-state index is 1.07. The van der Waals surface area contributed by atoms with E-state index in [9.17, 15) is 0 Å². The highest BCUT2D eigenvalue weighted by Gasteiger charge is 2.07. The average Bonchev–Trinajstić information content (AvgIpc) is 3.07. The predicted octanol–water partition coefficient (Wildman–Crippen LogP) is 6.23. The quantitative estimate of drug-likeness (QED) is 0.365. The maximum absolute atomic E-state index is 2.31. The summed E-state index contributed by atoms with van der Waals surface area (Å²) in [5, 5.41) is 5.20. The topological polar surface area (TPSA) is 0 Å². The van der Waals surface area contributed by atoms with Crippen LogP contribution in [0, 0.1) is 0 Å². The Balaban J connectivity index is 1.70. The first-order chi connectivity index (χ1) is 11.4. The lowest BCUT2D eigenvalue weighted by Gasteiger charge is -2.08. The molecule has 0 saturated heterocycles. The minimum absolute atomic E-state index is 1.07. The third-order valence-corrected chi connectivity index (χ3v) is 4.82. The second kappa shape index (κ2) is 4.82. The summed E-state index contributed by atoms with van der Waals surface area (Å²) in [4.78, 5) is 0. The van der Waals surface area contributed by atoms with Crippen molar-refractivity contribution in [3.63, 3.8) is 0 Å². The van der Waals surface area contributed by atoms with Gasteiger partial charge in [0, 0.05) is 0 Å². The van der Waals surface area contributed by atoms with E-state index in [1.807, 2.05) is 0 Å². The summed E-state index contributed by atoms with van der Waals surface area (Å²) in [5.74, 6) is 0. The van der Waals surface area contributed by atoms with Crippen LogP contribution in [0.4, 0.5) is 0 Å². The molecular formula is C23H16. The van der Waals surface area contributed by atoms with E-state index < -0.39 is 0 Å². The molecule has 5 rings (SSSR count). The van der Waals surface area contributed by atoms with Crippen LogP contribution in [0.3, 0.4) is 0 Å². The van der Waals surface area contributed by atoms with Gasteiger partial charge in [0.25, 0.3) is 0 Å². The van der Waals surface area contributed by atoms with Crippen LogP contribution in [0.1, 0.15) is 11.1 Å². The van der Waals surface area contributed by atoms with Crippen molar-refractivity contribution in [2.75, 3.05) is 0 Å². The number of benzene rings is 4. The highest BCUT2D eigenvalue weighted by atomic mass is 14.1. The smallest absolute Gasteiger partial charge is 0.00882 e. The van der Waals surface area contributed by atoms with E-state index in [1.54, 1.807) is 0 Å². The van der Waals surface area contributed by atoms with Crippen LogP contribution in [0.5, 0.6) is 0 Å². The number of fused-ring (bicyclic) bond motifs is 3. The first-order valence-electron chi connectivity index (χ1n) is 8.09. The van der Waals surface area contributed by atoms with Gasteiger partial charge in [-0.3, -0.25) is 0 Å². The van der Waals surface area contributed by atoms with Gasteiger partial charge in [0.2, 0.25) is 0 Å². The standard InChI is InChI=1S/C23H16/c1-2-5-19-14-23-15-21(10-11-22(23)13-18(19)4-1)20-9-8-16-6-3-7-17(16)12-20/h1-5,7-15H,6H2. The van der Waals surface area contributed by atoms with Gasteiger partial charge in [-0.15, -0.1) is 0 Å². The fourth-order valence-corrected chi connectivity index (χ4v) is 3.55. The molecule has 0 bridgehead atoms. The molecule has 0 heteroatoms. The van der Waals surface area contributed by atoms with Crippen molar-refractivity contribution < 1.29 is 0 Å². The van der Waals surface area contributed by atoms with Gasteiger partial charge in [0.15, 0.2) is 0 Å². The Morgan fingerprint density at radius 2 is 1.26 bits per heavy atom. The van der Waals surface area contributed by atoms with Crippen LogP contribution in [-0.2, 0) is 6.42 Å². The molecule has 0 unspecified atom stereocenters. The van der Waals surface area contributed by atoms with E-state index in [1.165, 1.54) is 43.8 Å². The van der Waals surface area contributed by atoms with Gasteiger partial charge in [-0.25, -0.2) is 0 Å². The molecule has 4 aromatic carbocycles. The molecule has 0 heterocycles. The van der Waals surface area contributed by atoms with Crippen molar-refractivity contribution in [2.45, 2.75) is 6.42 Å². The van der Waals surface area contributed by atoms with Crippen LogP contribution in [0.25, 0.3) is 38.7 Å². The Kier molecular flexibility index (Phi) is 2.65. The first kappa shape index (κ1) is 12.7. The third-order valence-electron chi connectivity index (χ3n) is 4.82. The lowest BCUT2D eigenvalue weighted by Crippen LogP contribution is -1.85. The Morgan fingerprint density at radius 1 is 0.565 bits per heavy atom. The second-order valence-electron chi connectivity index (χ2n) is 6.28. The van der Waals surface area contributed by atoms with E-state index in [-0.39, 0.29) is 0 Å². The van der Waals surface area contributed by atoms with Crippen molar-refractivity contribution >= 4 is 27.6 Å². The summed E-state index contributed by atoms with van der Waals surface area (Å²) in [6, 6.07) is 26.7. The van der Waals surface area contributed by atoms with Gasteiger partial charge in [-0.05, 0) is 74.5 Å². The zero-order chi connectivity index (χ0) is 15.2. The molecule has 1 aliphatic carbocycles. The molecule has 0 nitrogen and oxygen atoms in total. The van der Waals surface area contributed by atoms with E-state index in [0.717, 1.165) is 6.42 Å². The van der Waals surface area contributed by atoms with Crippen LogP contribution in [-0.4, -0.2) is 0 Å². The van der Waals surface area contributed by atoms with Crippen molar-refractivity contribution in [3.05, 3.63) is 90.0 Å². The van der Waals surface area contributed by atoms with Gasteiger partial charge in [0.05, 0.1) is 0 Å². The molecule has 0 saturated carbocycles. The third kappa shape index (κ3) is 2.07. The zero-order valence-electron chi connectivity index (χ0n) is 12.8. The molecule has 0 radical (unpaired) electrons. The predicted molar refractivity (Wildman–Crippen MR) is 99.6 cm³/mol. The Morgan fingerprint density at radius 3 is 2.13 bits per heavy atom. The minimum Gasteiger partial charge on any atom is -0.0795 e. The van der Waals surface area contributed by atoms with E-state index in [2.05, 4.69) is 84.9 Å². The summed E-state index contributed by atoms with van der Waals surface area (Å²) in [6.45, 7) is 0. The van der Waals surface area contributed by atoms with Gasteiger partial charge in [-0.1, -0.05) is 60.7 Å². The molecule has 0 fully saturated rings. The summed E-state index contributed by atoms with van der Waals surface area (Å²) in [5.41, 5.74) is 5.38. The Bertz CT molecular complexity index is 1080. The molecule has 1 aliphatic rings. The fraction of sp³-hybridized carbons (Fsp3) is 0.0435. The SMILES string of the molecule is C1=Cc2cc(-c3ccc4cc5ccccc5cc4c3)ccc2C1. The fourth-order valence-electron chi connectivity index (χ4n) is 3.55. The lowest BCUT2D eigenvalue weighted by atomic mass is 9.96. The summed E-state index contributed by atoms with van der Waals surface area (Å²) < 4.78 is 0. The van der Waals surface area contributed by atoms with Crippen LogP contribution in [0.2, 0.25) is 0 Å². The van der Waals surface area contributed by atoms with Crippen molar-refractivity contribution in [1.29, 1.82) is 0 Å². The van der Waals surface area contributed by atoms with Gasteiger partial charge in [0.1, 0.15) is 0 Å². The monoisotopic (exact) mass is 292 g/mol. The van der Waals surface area contributed by atoms with Crippen molar-refractivity contribution in [3.8, 4) is 11.1 Å². The summed E-state index contributed by atoms with van der Waals surface area (Å²) in [7, 11) is 0. The molecule has 23 heavy (non-hydrogen) atoms. The average molecular weight is 292 g/mol. The summed E-state index contributed by atoms with van der Waals surface area (Å²) >= 11 is 0. The Hall–Kier alpha value is -2.86.